The van der Waals surface area contributed by atoms with E-state index in [1.165, 1.54) is 24.3 Å². The Hall–Kier alpha value is 0.190. The topological polar surface area (TPSA) is 50.7 Å². The van der Waals surface area contributed by atoms with Crippen LogP contribution in [-0.4, -0.2) is 60.2 Å². The van der Waals surface area contributed by atoms with Crippen molar-refractivity contribution >= 4 is 11.8 Å². The molecule has 1 spiro atoms. The lowest BCUT2D eigenvalue weighted by molar-refractivity contribution is -0.0953. The Morgan fingerprint density at radius 2 is 2.05 bits per heavy atom. The molecule has 3 aliphatic rings. The third-order valence-corrected chi connectivity index (χ3v) is 5.68. The molecule has 0 bridgehead atoms. The van der Waals surface area contributed by atoms with Gasteiger partial charge in [-0.3, -0.25) is 0 Å². The van der Waals surface area contributed by atoms with E-state index in [1.807, 2.05) is 11.8 Å². The lowest BCUT2D eigenvalue weighted by atomic mass is 9.85. The Morgan fingerprint density at radius 1 is 1.21 bits per heavy atom. The molecule has 0 aromatic rings. The smallest absolute Gasteiger partial charge is 0.102 e. The lowest BCUT2D eigenvalue weighted by Crippen LogP contribution is -2.52. The lowest BCUT2D eigenvalue weighted by Gasteiger charge is -2.44. The van der Waals surface area contributed by atoms with Crippen LogP contribution in [0.2, 0.25) is 0 Å². The first-order valence-corrected chi connectivity index (χ1v) is 8.61. The zero-order valence-corrected chi connectivity index (χ0v) is 12.3. The Balaban J connectivity index is 1.50. The van der Waals surface area contributed by atoms with E-state index in [-0.39, 0.29) is 5.60 Å². The SMILES string of the molecule is OC1(CNC2CCOC3(CCSCC3)C2)CCOC1. The van der Waals surface area contributed by atoms with E-state index in [2.05, 4.69) is 5.32 Å². The van der Waals surface area contributed by atoms with Crippen molar-refractivity contribution in [1.29, 1.82) is 0 Å². The van der Waals surface area contributed by atoms with Crippen molar-refractivity contribution in [2.75, 3.05) is 37.9 Å². The molecule has 0 radical (unpaired) electrons. The van der Waals surface area contributed by atoms with Gasteiger partial charge in [0.1, 0.15) is 5.60 Å². The average Bonchev–Trinajstić information content (AvgIpc) is 2.85. The summed E-state index contributed by atoms with van der Waals surface area (Å²) in [6, 6.07) is 0.487. The monoisotopic (exact) mass is 287 g/mol. The molecule has 3 aliphatic heterocycles. The maximum atomic E-state index is 10.3. The molecule has 2 atom stereocenters. The Labute approximate surface area is 119 Å². The minimum absolute atomic E-state index is 0.121. The van der Waals surface area contributed by atoms with E-state index in [0.717, 1.165) is 25.9 Å². The molecule has 0 aliphatic carbocycles. The van der Waals surface area contributed by atoms with E-state index in [0.29, 0.717) is 25.8 Å². The molecule has 2 unspecified atom stereocenters. The number of aliphatic hydroxyl groups is 1. The molecule has 3 saturated heterocycles. The molecule has 19 heavy (non-hydrogen) atoms. The van der Waals surface area contributed by atoms with E-state index in [9.17, 15) is 5.11 Å². The highest BCUT2D eigenvalue weighted by atomic mass is 32.2. The van der Waals surface area contributed by atoms with Crippen LogP contribution in [0, 0.1) is 0 Å². The molecular formula is C14H25NO3S. The molecule has 0 amide bonds. The normalized spacial score (nSPS) is 38.7. The molecule has 0 aromatic carbocycles. The maximum absolute atomic E-state index is 10.3. The quantitative estimate of drug-likeness (QED) is 0.816. The predicted molar refractivity (Wildman–Crippen MR) is 76.7 cm³/mol. The van der Waals surface area contributed by atoms with Crippen molar-refractivity contribution in [2.45, 2.75) is 49.3 Å². The number of ether oxygens (including phenoxy) is 2. The Kier molecular flexibility index (Phi) is 4.39. The second kappa shape index (κ2) is 5.90. The van der Waals surface area contributed by atoms with Gasteiger partial charge < -0.3 is 19.9 Å². The van der Waals surface area contributed by atoms with Gasteiger partial charge in [0, 0.05) is 32.2 Å². The van der Waals surface area contributed by atoms with Gasteiger partial charge in [-0.15, -0.1) is 0 Å². The van der Waals surface area contributed by atoms with Gasteiger partial charge in [-0.05, 0) is 37.2 Å². The molecular weight excluding hydrogens is 262 g/mol. The van der Waals surface area contributed by atoms with E-state index >= 15 is 0 Å². The van der Waals surface area contributed by atoms with Crippen molar-refractivity contribution in [3.8, 4) is 0 Å². The molecule has 0 aromatic heterocycles. The summed E-state index contributed by atoms with van der Waals surface area (Å²) in [6.45, 7) is 2.68. The third kappa shape index (κ3) is 3.45. The second-order valence-electron chi connectivity index (χ2n) is 6.24. The molecule has 0 saturated carbocycles. The van der Waals surface area contributed by atoms with Crippen LogP contribution in [0.4, 0.5) is 0 Å². The Morgan fingerprint density at radius 3 is 2.79 bits per heavy atom. The largest absolute Gasteiger partial charge is 0.386 e. The fourth-order valence-electron chi connectivity index (χ4n) is 3.36. The van der Waals surface area contributed by atoms with Gasteiger partial charge in [-0.1, -0.05) is 0 Å². The molecule has 5 heteroatoms. The maximum Gasteiger partial charge on any atom is 0.102 e. The van der Waals surface area contributed by atoms with Crippen LogP contribution in [0.1, 0.15) is 32.1 Å². The van der Waals surface area contributed by atoms with Crippen LogP contribution in [0.3, 0.4) is 0 Å². The molecule has 3 fully saturated rings. The first-order valence-electron chi connectivity index (χ1n) is 7.45. The van der Waals surface area contributed by atoms with Gasteiger partial charge in [-0.25, -0.2) is 0 Å². The molecule has 2 N–H and O–H groups in total. The predicted octanol–water partition coefficient (Wildman–Crippen LogP) is 1.17. The van der Waals surface area contributed by atoms with Crippen molar-refractivity contribution in [3.63, 3.8) is 0 Å². The molecule has 110 valence electrons. The minimum Gasteiger partial charge on any atom is -0.386 e. The van der Waals surface area contributed by atoms with Gasteiger partial charge >= 0.3 is 0 Å². The zero-order chi connectivity index (χ0) is 13.2. The van der Waals surface area contributed by atoms with Crippen LogP contribution >= 0.6 is 11.8 Å². The van der Waals surface area contributed by atoms with Crippen LogP contribution in [0.5, 0.6) is 0 Å². The van der Waals surface area contributed by atoms with Gasteiger partial charge in [-0.2, -0.15) is 11.8 Å². The van der Waals surface area contributed by atoms with Gasteiger partial charge in [0.2, 0.25) is 0 Å². The number of hydrogen-bond donors (Lipinski definition) is 2. The second-order valence-corrected chi connectivity index (χ2v) is 7.47. The van der Waals surface area contributed by atoms with E-state index in [4.69, 9.17) is 9.47 Å². The first-order chi connectivity index (χ1) is 9.20. The van der Waals surface area contributed by atoms with Crippen molar-refractivity contribution in [2.24, 2.45) is 0 Å². The summed E-state index contributed by atoms with van der Waals surface area (Å²) in [7, 11) is 0. The highest BCUT2D eigenvalue weighted by Gasteiger charge is 2.40. The fourth-order valence-corrected chi connectivity index (χ4v) is 4.60. The molecule has 4 nitrogen and oxygen atoms in total. The summed E-state index contributed by atoms with van der Waals surface area (Å²) in [4.78, 5) is 0. The summed E-state index contributed by atoms with van der Waals surface area (Å²) in [5.74, 6) is 2.45. The van der Waals surface area contributed by atoms with Gasteiger partial charge in [0.25, 0.3) is 0 Å². The minimum atomic E-state index is -0.645. The third-order valence-electron chi connectivity index (χ3n) is 4.70. The summed E-state index contributed by atoms with van der Waals surface area (Å²) < 4.78 is 11.4. The van der Waals surface area contributed by atoms with Crippen LogP contribution in [0.25, 0.3) is 0 Å². The molecule has 3 heterocycles. The molecule has 3 rings (SSSR count). The number of hydrogen-bond acceptors (Lipinski definition) is 5. The van der Waals surface area contributed by atoms with Gasteiger partial charge in [0.05, 0.1) is 12.2 Å². The van der Waals surface area contributed by atoms with Crippen molar-refractivity contribution < 1.29 is 14.6 Å². The summed E-state index contributed by atoms with van der Waals surface area (Å²) in [6.07, 6.45) is 5.29. The number of thioether (sulfide) groups is 1. The number of rotatable bonds is 3. The number of nitrogens with one attached hydrogen (secondary N) is 1. The van der Waals surface area contributed by atoms with Crippen LogP contribution in [-0.2, 0) is 9.47 Å². The van der Waals surface area contributed by atoms with Gasteiger partial charge in [0.15, 0.2) is 0 Å². The van der Waals surface area contributed by atoms with Crippen LogP contribution < -0.4 is 5.32 Å². The highest BCUT2D eigenvalue weighted by molar-refractivity contribution is 7.99. The first kappa shape index (κ1) is 14.1. The average molecular weight is 287 g/mol. The fraction of sp³-hybridized carbons (Fsp3) is 1.00. The summed E-state index contributed by atoms with van der Waals surface area (Å²) in [5, 5.41) is 13.9. The van der Waals surface area contributed by atoms with E-state index in [1.54, 1.807) is 0 Å². The Bertz CT molecular complexity index is 296. The van der Waals surface area contributed by atoms with Crippen LogP contribution in [0.15, 0.2) is 0 Å². The zero-order valence-electron chi connectivity index (χ0n) is 11.5. The standard InChI is InChI=1S/C14H25NO3S/c16-13(2-6-17-11-13)10-15-12-1-5-18-14(9-12)3-7-19-8-4-14/h12,15-16H,1-11H2. The van der Waals surface area contributed by atoms with Crippen molar-refractivity contribution in [1.82, 2.24) is 5.32 Å². The van der Waals surface area contributed by atoms with Crippen molar-refractivity contribution in [3.05, 3.63) is 0 Å². The van der Waals surface area contributed by atoms with E-state index < -0.39 is 5.60 Å². The summed E-state index contributed by atoms with van der Waals surface area (Å²) >= 11 is 2.04. The highest BCUT2D eigenvalue weighted by Crippen LogP contribution is 2.37. The summed E-state index contributed by atoms with van der Waals surface area (Å²) in [5.41, 5.74) is -0.524.